The predicted octanol–water partition coefficient (Wildman–Crippen LogP) is 2.85. The molecule has 0 bridgehead atoms. The molecule has 3 nitrogen and oxygen atoms in total. The van der Waals surface area contributed by atoms with E-state index in [4.69, 9.17) is 0 Å². The number of hydrogen-bond donors (Lipinski definition) is 0. The minimum absolute atomic E-state index is 0.333. The van der Waals surface area contributed by atoms with Gasteiger partial charge < -0.3 is 4.74 Å². The molecule has 2 heterocycles. The lowest BCUT2D eigenvalue weighted by Crippen LogP contribution is -1.98. The van der Waals surface area contributed by atoms with Crippen molar-refractivity contribution in [3.63, 3.8) is 0 Å². The van der Waals surface area contributed by atoms with Crippen molar-refractivity contribution in [1.29, 1.82) is 0 Å². The monoisotopic (exact) mass is 271 g/mol. The van der Waals surface area contributed by atoms with E-state index in [-0.39, 0.29) is 5.97 Å². The van der Waals surface area contributed by atoms with Crippen molar-refractivity contribution in [2.45, 2.75) is 0 Å². The summed E-state index contributed by atoms with van der Waals surface area (Å²) in [5.41, 5.74) is 0. The Kier molecular flexibility index (Phi) is 2.52. The molecule has 0 saturated heterocycles. The molecule has 0 N–H and O–H groups in total. The quantitative estimate of drug-likeness (QED) is 0.749. The number of nitrogens with zero attached hydrogens (tertiary/aromatic N) is 1. The molecule has 0 fully saturated rings. The van der Waals surface area contributed by atoms with Gasteiger partial charge in [0.1, 0.15) is 9.71 Å². The maximum atomic E-state index is 11.3. The molecular formula is C9H6BrNO2S. The summed E-state index contributed by atoms with van der Waals surface area (Å²) < 4.78 is 5.42. The minimum Gasteiger partial charge on any atom is -0.465 e. The average Bonchev–Trinajstić information content (AvgIpc) is 2.56. The molecule has 0 aromatic carbocycles. The molecule has 0 atom stereocenters. The van der Waals surface area contributed by atoms with E-state index in [0.29, 0.717) is 4.88 Å². The van der Waals surface area contributed by atoms with Crippen LogP contribution >= 0.6 is 27.3 Å². The third-order valence-electron chi connectivity index (χ3n) is 1.78. The van der Waals surface area contributed by atoms with Crippen molar-refractivity contribution < 1.29 is 9.53 Å². The largest absolute Gasteiger partial charge is 0.465 e. The van der Waals surface area contributed by atoms with Gasteiger partial charge in [0.2, 0.25) is 0 Å². The number of carbonyl (C=O) groups excluding carboxylic acids is 1. The Morgan fingerprint density at radius 2 is 2.43 bits per heavy atom. The van der Waals surface area contributed by atoms with Crippen molar-refractivity contribution in [2.75, 3.05) is 7.11 Å². The van der Waals surface area contributed by atoms with Crippen LogP contribution in [0, 0.1) is 0 Å². The van der Waals surface area contributed by atoms with Crippen LogP contribution in [0.4, 0.5) is 0 Å². The van der Waals surface area contributed by atoms with Gasteiger partial charge in [0, 0.05) is 11.6 Å². The van der Waals surface area contributed by atoms with Crippen LogP contribution in [0.15, 0.2) is 22.8 Å². The standard InChI is InChI=1S/C9H6BrNO2S/c1-13-9(12)7-6(10)5-3-2-4-11-8(5)14-7/h2-4H,1H3. The summed E-state index contributed by atoms with van der Waals surface area (Å²) in [5, 5.41) is 0.943. The Morgan fingerprint density at radius 3 is 3.07 bits per heavy atom. The zero-order chi connectivity index (χ0) is 10.1. The van der Waals surface area contributed by atoms with Gasteiger partial charge in [0.25, 0.3) is 0 Å². The molecule has 0 spiro atoms. The molecule has 5 heteroatoms. The van der Waals surface area contributed by atoms with Gasteiger partial charge in [-0.1, -0.05) is 0 Å². The van der Waals surface area contributed by atoms with Crippen LogP contribution in [-0.2, 0) is 4.74 Å². The summed E-state index contributed by atoms with van der Waals surface area (Å²) in [6.07, 6.45) is 1.70. The highest BCUT2D eigenvalue weighted by molar-refractivity contribution is 9.10. The topological polar surface area (TPSA) is 39.2 Å². The highest BCUT2D eigenvalue weighted by Crippen LogP contribution is 2.34. The molecule has 0 amide bonds. The fourth-order valence-corrected chi connectivity index (χ4v) is 2.94. The zero-order valence-electron chi connectivity index (χ0n) is 7.28. The number of rotatable bonds is 1. The third-order valence-corrected chi connectivity index (χ3v) is 3.96. The summed E-state index contributed by atoms with van der Waals surface area (Å²) in [7, 11) is 1.37. The van der Waals surface area contributed by atoms with Crippen molar-refractivity contribution in [3.05, 3.63) is 27.7 Å². The smallest absolute Gasteiger partial charge is 0.349 e. The van der Waals surface area contributed by atoms with Crippen LogP contribution < -0.4 is 0 Å². The Morgan fingerprint density at radius 1 is 1.64 bits per heavy atom. The zero-order valence-corrected chi connectivity index (χ0v) is 9.68. The van der Waals surface area contributed by atoms with E-state index in [9.17, 15) is 4.79 Å². The van der Waals surface area contributed by atoms with Crippen LogP contribution in [0.3, 0.4) is 0 Å². The van der Waals surface area contributed by atoms with E-state index in [2.05, 4.69) is 25.7 Å². The van der Waals surface area contributed by atoms with E-state index in [1.165, 1.54) is 18.4 Å². The van der Waals surface area contributed by atoms with Gasteiger partial charge in [0.15, 0.2) is 0 Å². The van der Waals surface area contributed by atoms with Crippen LogP contribution in [0.25, 0.3) is 10.2 Å². The van der Waals surface area contributed by atoms with Gasteiger partial charge in [-0.25, -0.2) is 9.78 Å². The first-order valence-electron chi connectivity index (χ1n) is 3.85. The second-order valence-electron chi connectivity index (χ2n) is 2.59. The Hall–Kier alpha value is -0.940. The first-order valence-corrected chi connectivity index (χ1v) is 5.46. The average molecular weight is 272 g/mol. The molecule has 0 unspecified atom stereocenters. The number of hydrogen-bond acceptors (Lipinski definition) is 4. The Balaban J connectivity index is 2.68. The molecule has 0 radical (unpaired) electrons. The number of esters is 1. The van der Waals surface area contributed by atoms with Crippen molar-refractivity contribution in [1.82, 2.24) is 4.98 Å². The van der Waals surface area contributed by atoms with Gasteiger partial charge in [-0.2, -0.15) is 0 Å². The minimum atomic E-state index is -0.333. The highest BCUT2D eigenvalue weighted by atomic mass is 79.9. The maximum Gasteiger partial charge on any atom is 0.349 e. The van der Waals surface area contributed by atoms with E-state index in [1.54, 1.807) is 6.20 Å². The van der Waals surface area contributed by atoms with Gasteiger partial charge in [-0.15, -0.1) is 11.3 Å². The maximum absolute atomic E-state index is 11.3. The molecule has 0 saturated carbocycles. The van der Waals surface area contributed by atoms with Crippen LogP contribution in [0.5, 0.6) is 0 Å². The summed E-state index contributed by atoms with van der Waals surface area (Å²) in [6, 6.07) is 3.75. The second-order valence-corrected chi connectivity index (χ2v) is 4.38. The van der Waals surface area contributed by atoms with Crippen molar-refractivity contribution >= 4 is 43.5 Å². The summed E-state index contributed by atoms with van der Waals surface area (Å²) in [5.74, 6) is -0.333. The Labute approximate surface area is 92.8 Å². The van der Waals surface area contributed by atoms with Crippen LogP contribution in [-0.4, -0.2) is 18.1 Å². The van der Waals surface area contributed by atoms with E-state index in [1.807, 2.05) is 12.1 Å². The fraction of sp³-hybridized carbons (Fsp3) is 0.111. The lowest BCUT2D eigenvalue weighted by atomic mass is 10.3. The van der Waals surface area contributed by atoms with Gasteiger partial charge in [-0.3, -0.25) is 0 Å². The SMILES string of the molecule is COC(=O)c1sc2ncccc2c1Br. The lowest BCUT2D eigenvalue weighted by molar-refractivity contribution is 0.0605. The summed E-state index contributed by atoms with van der Waals surface area (Å²) >= 11 is 4.69. The summed E-state index contributed by atoms with van der Waals surface area (Å²) in [4.78, 5) is 16.9. The molecule has 14 heavy (non-hydrogen) atoms. The van der Waals surface area contributed by atoms with E-state index >= 15 is 0 Å². The number of fused-ring (bicyclic) bond motifs is 1. The first kappa shape index (κ1) is 9.61. The number of thiophene rings is 1. The molecule has 0 aliphatic heterocycles. The summed E-state index contributed by atoms with van der Waals surface area (Å²) in [6.45, 7) is 0. The van der Waals surface area contributed by atoms with Gasteiger partial charge in [-0.05, 0) is 28.1 Å². The van der Waals surface area contributed by atoms with Gasteiger partial charge in [0.05, 0.1) is 11.6 Å². The molecule has 2 aromatic heterocycles. The first-order chi connectivity index (χ1) is 6.74. The van der Waals surface area contributed by atoms with Gasteiger partial charge >= 0.3 is 5.97 Å². The molecule has 2 rings (SSSR count). The Bertz CT molecular complexity index is 495. The van der Waals surface area contributed by atoms with Crippen molar-refractivity contribution in [3.8, 4) is 0 Å². The fourth-order valence-electron chi connectivity index (χ4n) is 1.13. The molecule has 0 aliphatic carbocycles. The number of ether oxygens (including phenoxy) is 1. The number of pyridine rings is 1. The number of carbonyl (C=O) groups is 1. The van der Waals surface area contributed by atoms with Crippen LogP contribution in [0.2, 0.25) is 0 Å². The molecule has 2 aromatic rings. The van der Waals surface area contributed by atoms with Crippen molar-refractivity contribution in [2.24, 2.45) is 0 Å². The molecule has 0 aliphatic rings. The number of halogens is 1. The predicted molar refractivity (Wildman–Crippen MR) is 58.7 cm³/mol. The van der Waals surface area contributed by atoms with Crippen LogP contribution in [0.1, 0.15) is 9.67 Å². The number of methoxy groups -OCH3 is 1. The molecule has 72 valence electrons. The van der Waals surface area contributed by atoms with E-state index in [0.717, 1.165) is 14.7 Å². The molecular weight excluding hydrogens is 266 g/mol. The number of aromatic nitrogens is 1. The third kappa shape index (κ3) is 1.42. The second kappa shape index (κ2) is 3.67. The van der Waals surface area contributed by atoms with E-state index < -0.39 is 0 Å². The normalized spacial score (nSPS) is 10.4. The lowest BCUT2D eigenvalue weighted by Gasteiger charge is -1.93. The highest BCUT2D eigenvalue weighted by Gasteiger charge is 2.17.